The molecule has 0 spiro atoms. The minimum atomic E-state index is 0.269. The Bertz CT molecular complexity index is 711. The SMILES string of the molecule is O=C1CCCCN1CSc1nnc(C2CC2)n1Cc1ccccc1. The molecule has 0 N–H and O–H groups in total. The number of hydrogen-bond donors (Lipinski definition) is 0. The maximum atomic E-state index is 12.0. The molecule has 2 aromatic rings. The van der Waals surface area contributed by atoms with Crippen LogP contribution in [0.25, 0.3) is 0 Å². The molecule has 1 aliphatic carbocycles. The van der Waals surface area contributed by atoms with Crippen molar-refractivity contribution in [2.24, 2.45) is 0 Å². The number of nitrogens with zero attached hydrogens (tertiary/aromatic N) is 4. The second-order valence-electron chi connectivity index (χ2n) is 6.57. The largest absolute Gasteiger partial charge is 0.333 e. The summed E-state index contributed by atoms with van der Waals surface area (Å²) in [7, 11) is 0. The molecule has 24 heavy (non-hydrogen) atoms. The highest BCUT2D eigenvalue weighted by Crippen LogP contribution is 2.40. The number of carbonyl (C=O) groups excluding carboxylic acids is 1. The van der Waals surface area contributed by atoms with Crippen molar-refractivity contribution in [3.8, 4) is 0 Å². The molecule has 1 aromatic heterocycles. The Hall–Kier alpha value is -1.82. The van der Waals surface area contributed by atoms with Gasteiger partial charge in [-0.1, -0.05) is 42.1 Å². The second-order valence-corrected chi connectivity index (χ2v) is 7.49. The maximum Gasteiger partial charge on any atom is 0.223 e. The van der Waals surface area contributed by atoms with Gasteiger partial charge in [0.25, 0.3) is 0 Å². The van der Waals surface area contributed by atoms with Crippen LogP contribution in [0, 0.1) is 0 Å². The summed E-state index contributed by atoms with van der Waals surface area (Å²) < 4.78 is 2.24. The van der Waals surface area contributed by atoms with Gasteiger partial charge >= 0.3 is 0 Å². The summed E-state index contributed by atoms with van der Waals surface area (Å²) in [6.07, 6.45) is 5.24. The molecule has 1 saturated carbocycles. The molecule has 0 radical (unpaired) electrons. The second kappa shape index (κ2) is 6.97. The Morgan fingerprint density at radius 3 is 2.71 bits per heavy atom. The van der Waals surface area contributed by atoms with E-state index in [1.807, 2.05) is 11.0 Å². The molecule has 1 amide bonds. The van der Waals surface area contributed by atoms with Gasteiger partial charge in [-0.15, -0.1) is 10.2 Å². The average molecular weight is 342 g/mol. The zero-order valence-corrected chi connectivity index (χ0v) is 14.5. The molecule has 2 fully saturated rings. The minimum Gasteiger partial charge on any atom is -0.333 e. The fourth-order valence-corrected chi connectivity index (χ4v) is 4.06. The molecule has 0 unspecified atom stereocenters. The monoisotopic (exact) mass is 342 g/mol. The molecule has 0 bridgehead atoms. The van der Waals surface area contributed by atoms with Gasteiger partial charge in [0.05, 0.1) is 12.4 Å². The van der Waals surface area contributed by atoms with E-state index in [1.165, 1.54) is 18.4 Å². The lowest BCUT2D eigenvalue weighted by molar-refractivity contribution is -0.132. The van der Waals surface area contributed by atoms with E-state index < -0.39 is 0 Å². The summed E-state index contributed by atoms with van der Waals surface area (Å²) in [6, 6.07) is 10.4. The van der Waals surface area contributed by atoms with E-state index in [2.05, 4.69) is 39.0 Å². The summed E-state index contributed by atoms with van der Waals surface area (Å²) in [5, 5.41) is 9.80. The van der Waals surface area contributed by atoms with Crippen molar-refractivity contribution in [1.29, 1.82) is 0 Å². The molecule has 4 rings (SSSR count). The fraction of sp³-hybridized carbons (Fsp3) is 0.500. The number of thioether (sulfide) groups is 1. The van der Waals surface area contributed by atoms with Gasteiger partial charge < -0.3 is 9.47 Å². The molecule has 126 valence electrons. The number of hydrogen-bond acceptors (Lipinski definition) is 4. The van der Waals surface area contributed by atoms with Crippen molar-refractivity contribution in [1.82, 2.24) is 19.7 Å². The summed E-state index contributed by atoms with van der Waals surface area (Å²) in [5.74, 6) is 2.61. The summed E-state index contributed by atoms with van der Waals surface area (Å²) in [6.45, 7) is 1.67. The number of carbonyl (C=O) groups is 1. The smallest absolute Gasteiger partial charge is 0.223 e. The third-order valence-electron chi connectivity index (χ3n) is 4.64. The molecule has 1 aromatic carbocycles. The Balaban J connectivity index is 1.51. The van der Waals surface area contributed by atoms with E-state index in [0.717, 1.165) is 36.9 Å². The van der Waals surface area contributed by atoms with Crippen molar-refractivity contribution in [2.45, 2.75) is 49.7 Å². The summed E-state index contributed by atoms with van der Waals surface area (Å²) >= 11 is 1.64. The zero-order chi connectivity index (χ0) is 16.4. The number of rotatable bonds is 6. The third-order valence-corrected chi connectivity index (χ3v) is 5.64. The van der Waals surface area contributed by atoms with Crippen LogP contribution in [0.1, 0.15) is 49.4 Å². The summed E-state index contributed by atoms with van der Waals surface area (Å²) in [5.41, 5.74) is 1.26. The standard InChI is InChI=1S/C18H22N4OS/c23-16-8-4-5-11-21(16)13-24-18-20-19-17(15-9-10-15)22(18)12-14-6-2-1-3-7-14/h1-3,6-7,15H,4-5,8-13H2. The summed E-state index contributed by atoms with van der Waals surface area (Å²) in [4.78, 5) is 13.9. The van der Waals surface area contributed by atoms with Crippen LogP contribution >= 0.6 is 11.8 Å². The predicted octanol–water partition coefficient (Wildman–Crippen LogP) is 3.27. The molecule has 1 aliphatic heterocycles. The van der Waals surface area contributed by atoms with Gasteiger partial charge in [0, 0.05) is 18.9 Å². The Labute approximate surface area is 146 Å². The third kappa shape index (κ3) is 3.48. The van der Waals surface area contributed by atoms with Crippen molar-refractivity contribution in [3.05, 3.63) is 41.7 Å². The normalized spacial score (nSPS) is 18.2. The van der Waals surface area contributed by atoms with E-state index in [0.29, 0.717) is 18.2 Å². The van der Waals surface area contributed by atoms with Crippen LogP contribution in [-0.2, 0) is 11.3 Å². The van der Waals surface area contributed by atoms with Gasteiger partial charge in [-0.05, 0) is 31.2 Å². The number of likely N-dealkylation sites (tertiary alicyclic amines) is 1. The van der Waals surface area contributed by atoms with Crippen molar-refractivity contribution in [2.75, 3.05) is 12.4 Å². The van der Waals surface area contributed by atoms with Gasteiger partial charge in [-0.3, -0.25) is 4.79 Å². The molecule has 1 saturated heterocycles. The van der Waals surface area contributed by atoms with Crippen molar-refractivity contribution in [3.63, 3.8) is 0 Å². The Morgan fingerprint density at radius 1 is 1.12 bits per heavy atom. The lowest BCUT2D eigenvalue weighted by Crippen LogP contribution is -2.34. The number of aromatic nitrogens is 3. The van der Waals surface area contributed by atoms with Crippen molar-refractivity contribution >= 4 is 17.7 Å². The topological polar surface area (TPSA) is 51.0 Å². The average Bonchev–Trinajstić information content (AvgIpc) is 3.38. The highest BCUT2D eigenvalue weighted by atomic mass is 32.2. The first-order valence-corrected chi connectivity index (χ1v) is 9.67. The molecule has 5 nitrogen and oxygen atoms in total. The quantitative estimate of drug-likeness (QED) is 0.756. The van der Waals surface area contributed by atoms with Crippen LogP contribution < -0.4 is 0 Å². The lowest BCUT2D eigenvalue weighted by atomic mass is 10.1. The molecular formula is C18H22N4OS. The molecule has 2 aliphatic rings. The molecule has 0 atom stereocenters. The van der Waals surface area contributed by atoms with Gasteiger partial charge in [0.1, 0.15) is 5.82 Å². The van der Waals surface area contributed by atoms with Gasteiger partial charge in [-0.25, -0.2) is 0 Å². The molecule has 2 heterocycles. The predicted molar refractivity (Wildman–Crippen MR) is 93.8 cm³/mol. The van der Waals surface area contributed by atoms with Crippen LogP contribution in [0.15, 0.2) is 35.5 Å². The van der Waals surface area contributed by atoms with E-state index in [9.17, 15) is 4.79 Å². The van der Waals surface area contributed by atoms with Crippen LogP contribution in [0.5, 0.6) is 0 Å². The highest BCUT2D eigenvalue weighted by molar-refractivity contribution is 7.99. The van der Waals surface area contributed by atoms with E-state index in [1.54, 1.807) is 11.8 Å². The fourth-order valence-electron chi connectivity index (χ4n) is 3.10. The maximum absolute atomic E-state index is 12.0. The van der Waals surface area contributed by atoms with Crippen LogP contribution in [0.2, 0.25) is 0 Å². The van der Waals surface area contributed by atoms with Gasteiger partial charge in [0.2, 0.25) is 5.91 Å². The van der Waals surface area contributed by atoms with E-state index in [4.69, 9.17) is 0 Å². The Kier molecular flexibility index (Phi) is 4.56. The number of benzene rings is 1. The first-order valence-electron chi connectivity index (χ1n) is 8.69. The van der Waals surface area contributed by atoms with Crippen molar-refractivity contribution < 1.29 is 4.79 Å². The zero-order valence-electron chi connectivity index (χ0n) is 13.7. The number of piperidine rings is 1. The first-order chi connectivity index (χ1) is 11.8. The van der Waals surface area contributed by atoms with E-state index >= 15 is 0 Å². The molecular weight excluding hydrogens is 320 g/mol. The van der Waals surface area contributed by atoms with E-state index in [-0.39, 0.29) is 5.91 Å². The Morgan fingerprint density at radius 2 is 1.96 bits per heavy atom. The van der Waals surface area contributed by atoms with Crippen LogP contribution in [0.4, 0.5) is 0 Å². The molecule has 6 heteroatoms. The minimum absolute atomic E-state index is 0.269. The van der Waals surface area contributed by atoms with Gasteiger partial charge in [-0.2, -0.15) is 0 Å². The van der Waals surface area contributed by atoms with Crippen LogP contribution in [0.3, 0.4) is 0 Å². The van der Waals surface area contributed by atoms with Gasteiger partial charge in [0.15, 0.2) is 5.16 Å². The first kappa shape index (κ1) is 15.7. The highest BCUT2D eigenvalue weighted by Gasteiger charge is 2.30. The van der Waals surface area contributed by atoms with Crippen LogP contribution in [-0.4, -0.2) is 38.0 Å². The lowest BCUT2D eigenvalue weighted by Gasteiger charge is -2.26. The number of amides is 1.